The highest BCUT2D eigenvalue weighted by Gasteiger charge is 2.22. The van der Waals surface area contributed by atoms with Gasteiger partial charge in [-0.1, -0.05) is 96.8 Å². The van der Waals surface area contributed by atoms with E-state index in [2.05, 4.69) is 6.92 Å². The SMILES string of the molecule is C1CCCCC1.CCCCCCCCCCC(CC(=O)OC(C)C)C(=O)O. The van der Waals surface area contributed by atoms with Crippen LogP contribution >= 0.6 is 0 Å². The highest BCUT2D eigenvalue weighted by molar-refractivity contribution is 5.78. The molecule has 4 nitrogen and oxygen atoms in total. The predicted molar refractivity (Wildman–Crippen MR) is 112 cm³/mol. The zero-order valence-corrected chi connectivity index (χ0v) is 18.1. The zero-order valence-electron chi connectivity index (χ0n) is 18.1. The summed E-state index contributed by atoms with van der Waals surface area (Å²) >= 11 is 0. The Morgan fingerprint density at radius 3 is 1.67 bits per heavy atom. The van der Waals surface area contributed by atoms with Crippen molar-refractivity contribution >= 4 is 11.9 Å². The highest BCUT2D eigenvalue weighted by Crippen LogP contribution is 2.17. The molecule has 0 aromatic carbocycles. The predicted octanol–water partition coefficient (Wildman–Crippen LogP) is 6.90. The molecule has 0 spiro atoms. The Morgan fingerprint density at radius 2 is 1.26 bits per heavy atom. The molecule has 0 saturated heterocycles. The Morgan fingerprint density at radius 1 is 0.815 bits per heavy atom. The quantitative estimate of drug-likeness (QED) is 0.277. The van der Waals surface area contributed by atoms with Crippen LogP contribution in [-0.2, 0) is 14.3 Å². The molecule has 1 N–H and O–H groups in total. The maximum Gasteiger partial charge on any atom is 0.307 e. The minimum Gasteiger partial charge on any atom is -0.481 e. The molecule has 0 amide bonds. The van der Waals surface area contributed by atoms with Gasteiger partial charge in [0.05, 0.1) is 18.4 Å². The first-order chi connectivity index (χ1) is 13.0. The van der Waals surface area contributed by atoms with Crippen molar-refractivity contribution in [2.24, 2.45) is 5.92 Å². The first kappa shape index (κ1) is 25.9. The van der Waals surface area contributed by atoms with Crippen molar-refractivity contribution in [1.82, 2.24) is 0 Å². The standard InChI is InChI=1S/C17H32O4.C6H12/c1-4-5-6-7-8-9-10-11-12-15(17(19)20)13-16(18)21-14(2)3;1-2-4-6-5-3-1/h14-15H,4-13H2,1-3H3,(H,19,20);1-6H2. The van der Waals surface area contributed by atoms with Gasteiger partial charge >= 0.3 is 11.9 Å². The van der Waals surface area contributed by atoms with E-state index in [9.17, 15) is 9.59 Å². The molecule has 0 radical (unpaired) electrons. The van der Waals surface area contributed by atoms with Gasteiger partial charge in [0.15, 0.2) is 0 Å². The number of unbranched alkanes of at least 4 members (excludes halogenated alkanes) is 7. The molecule has 0 heterocycles. The van der Waals surface area contributed by atoms with Crippen LogP contribution in [0.15, 0.2) is 0 Å². The van der Waals surface area contributed by atoms with Crippen LogP contribution < -0.4 is 0 Å². The average Bonchev–Trinajstić information content (AvgIpc) is 2.64. The van der Waals surface area contributed by atoms with Crippen molar-refractivity contribution < 1.29 is 19.4 Å². The van der Waals surface area contributed by atoms with Crippen LogP contribution in [0.1, 0.15) is 124 Å². The smallest absolute Gasteiger partial charge is 0.307 e. The lowest BCUT2D eigenvalue weighted by atomic mass is 9.97. The van der Waals surface area contributed by atoms with E-state index < -0.39 is 17.9 Å². The summed E-state index contributed by atoms with van der Waals surface area (Å²) in [6, 6.07) is 0. The molecule has 1 saturated carbocycles. The molecule has 0 aliphatic heterocycles. The van der Waals surface area contributed by atoms with E-state index in [1.54, 1.807) is 13.8 Å². The second kappa shape index (κ2) is 18.3. The van der Waals surface area contributed by atoms with Gasteiger partial charge in [0.25, 0.3) is 0 Å². The molecule has 1 atom stereocenters. The Bertz CT molecular complexity index is 350. The number of aliphatic carboxylic acids is 1. The number of hydrogen-bond acceptors (Lipinski definition) is 3. The third-order valence-electron chi connectivity index (χ3n) is 5.04. The van der Waals surface area contributed by atoms with E-state index in [1.807, 2.05) is 0 Å². The molecular weight excluding hydrogens is 340 g/mol. The molecule has 160 valence electrons. The fraction of sp³-hybridized carbons (Fsp3) is 0.913. The van der Waals surface area contributed by atoms with Crippen LogP contribution in [0.25, 0.3) is 0 Å². The van der Waals surface area contributed by atoms with Gasteiger partial charge in [-0.3, -0.25) is 9.59 Å². The van der Waals surface area contributed by atoms with Crippen molar-refractivity contribution in [3.05, 3.63) is 0 Å². The second-order valence-electron chi connectivity index (χ2n) is 8.16. The van der Waals surface area contributed by atoms with Crippen LogP contribution in [0.3, 0.4) is 0 Å². The Balaban J connectivity index is 0.000000941. The van der Waals surface area contributed by atoms with Crippen molar-refractivity contribution in [2.45, 2.75) is 130 Å². The van der Waals surface area contributed by atoms with Gasteiger partial charge in [0.1, 0.15) is 0 Å². The molecule has 1 rings (SSSR count). The summed E-state index contributed by atoms with van der Waals surface area (Å²) in [4.78, 5) is 22.7. The summed E-state index contributed by atoms with van der Waals surface area (Å²) in [6.07, 6.45) is 18.8. The molecule has 0 aromatic rings. The van der Waals surface area contributed by atoms with Gasteiger partial charge in [0, 0.05) is 0 Å². The van der Waals surface area contributed by atoms with Gasteiger partial charge in [0.2, 0.25) is 0 Å². The largest absolute Gasteiger partial charge is 0.481 e. The molecule has 0 bridgehead atoms. The molecule has 1 aliphatic carbocycles. The van der Waals surface area contributed by atoms with Crippen LogP contribution in [0.5, 0.6) is 0 Å². The summed E-state index contributed by atoms with van der Waals surface area (Å²) in [5, 5.41) is 9.15. The Labute approximate surface area is 167 Å². The lowest BCUT2D eigenvalue weighted by molar-refractivity contribution is -0.154. The molecule has 4 heteroatoms. The minimum atomic E-state index is -0.890. The third-order valence-corrected chi connectivity index (χ3v) is 5.04. The van der Waals surface area contributed by atoms with E-state index >= 15 is 0 Å². The van der Waals surface area contributed by atoms with Crippen molar-refractivity contribution in [1.29, 1.82) is 0 Å². The normalized spacial score (nSPS) is 15.0. The van der Waals surface area contributed by atoms with Crippen molar-refractivity contribution in [3.63, 3.8) is 0 Å². The van der Waals surface area contributed by atoms with Crippen molar-refractivity contribution in [2.75, 3.05) is 0 Å². The van der Waals surface area contributed by atoms with Gasteiger partial charge in [-0.05, 0) is 20.3 Å². The fourth-order valence-electron chi connectivity index (χ4n) is 3.41. The van der Waals surface area contributed by atoms with E-state index in [1.165, 1.54) is 70.6 Å². The number of carboxylic acids is 1. The van der Waals surface area contributed by atoms with Crippen LogP contribution in [-0.4, -0.2) is 23.1 Å². The van der Waals surface area contributed by atoms with E-state index in [4.69, 9.17) is 9.84 Å². The monoisotopic (exact) mass is 384 g/mol. The van der Waals surface area contributed by atoms with Crippen LogP contribution in [0.2, 0.25) is 0 Å². The number of hydrogen-bond donors (Lipinski definition) is 1. The number of carboxylic acid groups (broad SMARTS) is 1. The fourth-order valence-corrected chi connectivity index (χ4v) is 3.41. The number of carbonyl (C=O) groups excluding carboxylic acids is 1. The first-order valence-electron chi connectivity index (χ1n) is 11.4. The number of rotatable bonds is 13. The molecule has 1 unspecified atom stereocenters. The average molecular weight is 385 g/mol. The summed E-state index contributed by atoms with van der Waals surface area (Å²) < 4.78 is 5.01. The van der Waals surface area contributed by atoms with Crippen molar-refractivity contribution in [3.8, 4) is 0 Å². The third kappa shape index (κ3) is 18.1. The van der Waals surface area contributed by atoms with Gasteiger partial charge < -0.3 is 9.84 Å². The molecular formula is C23H44O4. The maximum absolute atomic E-state index is 11.5. The summed E-state index contributed by atoms with van der Waals surface area (Å²) in [7, 11) is 0. The molecule has 1 fully saturated rings. The first-order valence-corrected chi connectivity index (χ1v) is 11.4. The van der Waals surface area contributed by atoms with E-state index in [0.717, 1.165) is 19.3 Å². The second-order valence-corrected chi connectivity index (χ2v) is 8.16. The summed E-state index contributed by atoms with van der Waals surface area (Å²) in [5.74, 6) is -1.90. The van der Waals surface area contributed by atoms with Gasteiger partial charge in [-0.15, -0.1) is 0 Å². The summed E-state index contributed by atoms with van der Waals surface area (Å²) in [5.41, 5.74) is 0. The Hall–Kier alpha value is -1.06. The van der Waals surface area contributed by atoms with Crippen LogP contribution in [0, 0.1) is 5.92 Å². The van der Waals surface area contributed by atoms with Gasteiger partial charge in [-0.25, -0.2) is 0 Å². The summed E-state index contributed by atoms with van der Waals surface area (Å²) in [6.45, 7) is 5.74. The maximum atomic E-state index is 11.5. The molecule has 1 aliphatic rings. The number of esters is 1. The number of ether oxygens (including phenoxy) is 1. The minimum absolute atomic E-state index is 0.00991. The van der Waals surface area contributed by atoms with E-state index in [-0.39, 0.29) is 12.5 Å². The Kier molecular flexibility index (Phi) is 17.6. The van der Waals surface area contributed by atoms with Gasteiger partial charge in [-0.2, -0.15) is 0 Å². The lowest BCUT2D eigenvalue weighted by Gasteiger charge is -2.13. The van der Waals surface area contributed by atoms with Crippen LogP contribution in [0.4, 0.5) is 0 Å². The zero-order chi connectivity index (χ0) is 20.3. The highest BCUT2D eigenvalue weighted by atomic mass is 16.5. The van der Waals surface area contributed by atoms with E-state index in [0.29, 0.717) is 6.42 Å². The molecule has 27 heavy (non-hydrogen) atoms. The lowest BCUT2D eigenvalue weighted by Crippen LogP contribution is -2.21. The molecule has 0 aromatic heterocycles. The topological polar surface area (TPSA) is 63.6 Å². The number of carbonyl (C=O) groups is 2.